The Labute approximate surface area is 211 Å². The molecular weight excluding hydrogens is 482 g/mol. The van der Waals surface area contributed by atoms with Gasteiger partial charge in [0.15, 0.2) is 11.5 Å². The van der Waals surface area contributed by atoms with E-state index in [9.17, 15) is 13.2 Å². The van der Waals surface area contributed by atoms with E-state index in [1.54, 1.807) is 36.5 Å². The highest BCUT2D eigenvalue weighted by Gasteiger charge is 2.44. The number of amides is 1. The van der Waals surface area contributed by atoms with E-state index in [0.29, 0.717) is 28.5 Å². The van der Waals surface area contributed by atoms with Gasteiger partial charge in [-0.1, -0.05) is 18.2 Å². The lowest BCUT2D eigenvalue weighted by atomic mass is 9.87. The van der Waals surface area contributed by atoms with Crippen molar-refractivity contribution in [2.45, 2.75) is 17.4 Å². The van der Waals surface area contributed by atoms with Gasteiger partial charge in [-0.3, -0.25) is 9.78 Å². The van der Waals surface area contributed by atoms with E-state index in [1.807, 2.05) is 18.2 Å². The van der Waals surface area contributed by atoms with E-state index in [1.165, 1.54) is 37.8 Å². The number of aromatic nitrogens is 1. The molecule has 0 spiro atoms. The van der Waals surface area contributed by atoms with Gasteiger partial charge in [0, 0.05) is 30.8 Å². The fraction of sp³-hybridized carbons (Fsp3) is 0.308. The first kappa shape index (κ1) is 25.5. The summed E-state index contributed by atoms with van der Waals surface area (Å²) >= 11 is 0. The molecule has 0 saturated carbocycles. The van der Waals surface area contributed by atoms with E-state index in [4.69, 9.17) is 14.2 Å². The van der Waals surface area contributed by atoms with E-state index < -0.39 is 21.9 Å². The largest absolute Gasteiger partial charge is 0.497 e. The van der Waals surface area contributed by atoms with E-state index in [-0.39, 0.29) is 30.4 Å². The lowest BCUT2D eigenvalue weighted by Gasteiger charge is -2.21. The molecule has 1 amide bonds. The molecule has 10 heteroatoms. The predicted octanol–water partition coefficient (Wildman–Crippen LogP) is 2.83. The van der Waals surface area contributed by atoms with Crippen molar-refractivity contribution in [3.8, 4) is 17.2 Å². The molecule has 2 aromatic carbocycles. The highest BCUT2D eigenvalue weighted by molar-refractivity contribution is 7.89. The van der Waals surface area contributed by atoms with Crippen LogP contribution in [0.2, 0.25) is 0 Å². The number of pyridine rings is 1. The Morgan fingerprint density at radius 1 is 0.972 bits per heavy atom. The molecule has 1 aliphatic heterocycles. The highest BCUT2D eigenvalue weighted by Crippen LogP contribution is 2.43. The van der Waals surface area contributed by atoms with Crippen LogP contribution in [0.3, 0.4) is 0 Å². The van der Waals surface area contributed by atoms with Crippen molar-refractivity contribution < 1.29 is 27.4 Å². The molecule has 0 radical (unpaired) electrons. The zero-order chi connectivity index (χ0) is 25.7. The molecule has 36 heavy (non-hydrogen) atoms. The Balaban J connectivity index is 1.67. The Bertz CT molecular complexity index is 1300. The normalized spacial score (nSPS) is 18.0. The van der Waals surface area contributed by atoms with Crippen LogP contribution in [0.15, 0.2) is 71.8 Å². The summed E-state index contributed by atoms with van der Waals surface area (Å²) in [6, 6.07) is 17.1. The van der Waals surface area contributed by atoms with Gasteiger partial charge in [-0.15, -0.1) is 0 Å². The highest BCUT2D eigenvalue weighted by atomic mass is 32.2. The maximum absolute atomic E-state index is 13.5. The first-order chi connectivity index (χ1) is 17.4. The third kappa shape index (κ3) is 5.14. The SMILES string of the molecule is COc1ccc(S(=O)(=O)N2CC(C(=O)NCc3ccccn3)C(c3cccc(OC)c3OC)C2)cc1. The summed E-state index contributed by atoms with van der Waals surface area (Å²) in [5.41, 5.74) is 1.42. The molecule has 2 atom stereocenters. The number of hydrogen-bond acceptors (Lipinski definition) is 7. The summed E-state index contributed by atoms with van der Waals surface area (Å²) in [5, 5.41) is 2.92. The molecule has 1 aliphatic rings. The smallest absolute Gasteiger partial charge is 0.243 e. The number of sulfonamides is 1. The molecule has 9 nitrogen and oxygen atoms in total. The average molecular weight is 512 g/mol. The summed E-state index contributed by atoms with van der Waals surface area (Å²) in [4.78, 5) is 17.8. The molecule has 1 N–H and O–H groups in total. The quantitative estimate of drug-likeness (QED) is 0.471. The number of benzene rings is 2. The van der Waals surface area contributed by atoms with Crippen LogP contribution >= 0.6 is 0 Å². The molecule has 190 valence electrons. The van der Waals surface area contributed by atoms with Gasteiger partial charge in [0.25, 0.3) is 0 Å². The number of carbonyl (C=O) groups excluding carboxylic acids is 1. The summed E-state index contributed by atoms with van der Waals surface area (Å²) in [6.07, 6.45) is 1.66. The molecule has 4 rings (SSSR count). The summed E-state index contributed by atoms with van der Waals surface area (Å²) < 4.78 is 44.6. The number of ether oxygens (including phenoxy) is 3. The number of methoxy groups -OCH3 is 3. The zero-order valence-electron chi connectivity index (χ0n) is 20.4. The molecular formula is C26H29N3O6S. The molecule has 1 aromatic heterocycles. The average Bonchev–Trinajstić information content (AvgIpc) is 3.38. The van der Waals surface area contributed by atoms with Crippen molar-refractivity contribution in [1.29, 1.82) is 0 Å². The van der Waals surface area contributed by atoms with Crippen molar-refractivity contribution in [2.75, 3.05) is 34.4 Å². The van der Waals surface area contributed by atoms with Crippen molar-refractivity contribution in [2.24, 2.45) is 5.92 Å². The van der Waals surface area contributed by atoms with Gasteiger partial charge in [0.1, 0.15) is 5.75 Å². The maximum Gasteiger partial charge on any atom is 0.243 e. The Hall–Kier alpha value is -3.63. The van der Waals surface area contributed by atoms with Crippen molar-refractivity contribution in [3.63, 3.8) is 0 Å². The van der Waals surface area contributed by atoms with Gasteiger partial charge < -0.3 is 19.5 Å². The minimum Gasteiger partial charge on any atom is -0.497 e. The van der Waals surface area contributed by atoms with Crippen LogP contribution in [-0.2, 0) is 21.4 Å². The maximum atomic E-state index is 13.5. The molecule has 1 saturated heterocycles. The third-order valence-corrected chi connectivity index (χ3v) is 8.17. The van der Waals surface area contributed by atoms with Gasteiger partial charge in [0.2, 0.25) is 15.9 Å². The zero-order valence-corrected chi connectivity index (χ0v) is 21.2. The molecule has 3 aromatic rings. The fourth-order valence-electron chi connectivity index (χ4n) is 4.46. The molecule has 1 fully saturated rings. The Kier molecular flexibility index (Phi) is 7.76. The number of nitrogens with zero attached hydrogens (tertiary/aromatic N) is 2. The second-order valence-corrected chi connectivity index (χ2v) is 10.3. The van der Waals surface area contributed by atoms with Gasteiger partial charge in [-0.05, 0) is 42.5 Å². The van der Waals surface area contributed by atoms with E-state index >= 15 is 0 Å². The minimum atomic E-state index is -3.86. The van der Waals surface area contributed by atoms with Gasteiger partial charge >= 0.3 is 0 Å². The molecule has 2 unspecified atom stereocenters. The number of carbonyl (C=O) groups is 1. The first-order valence-electron chi connectivity index (χ1n) is 11.4. The summed E-state index contributed by atoms with van der Waals surface area (Å²) in [5.74, 6) is 0.189. The molecule has 0 aliphatic carbocycles. The van der Waals surface area contributed by atoms with Crippen LogP contribution in [0.1, 0.15) is 17.2 Å². The number of rotatable bonds is 9. The summed E-state index contributed by atoms with van der Waals surface area (Å²) in [6.45, 7) is 0.371. The lowest BCUT2D eigenvalue weighted by molar-refractivity contribution is -0.125. The van der Waals surface area contributed by atoms with Crippen molar-refractivity contribution in [3.05, 3.63) is 78.1 Å². The van der Waals surface area contributed by atoms with Crippen LogP contribution in [0.4, 0.5) is 0 Å². The van der Waals surface area contributed by atoms with Crippen LogP contribution in [0.25, 0.3) is 0 Å². The van der Waals surface area contributed by atoms with Gasteiger partial charge in [-0.2, -0.15) is 4.31 Å². The lowest BCUT2D eigenvalue weighted by Crippen LogP contribution is -2.35. The second kappa shape index (κ2) is 11.0. The minimum absolute atomic E-state index is 0.0213. The Morgan fingerprint density at radius 2 is 1.75 bits per heavy atom. The standard InChI is InChI=1S/C26H29N3O6S/c1-33-19-10-12-20(13-11-19)36(31,32)29-16-22(21-8-6-9-24(34-2)25(21)35-3)23(17-29)26(30)28-15-18-7-4-5-14-27-18/h4-14,22-23H,15-17H2,1-3H3,(H,28,30). The predicted molar refractivity (Wildman–Crippen MR) is 134 cm³/mol. The molecule has 0 bridgehead atoms. The van der Waals surface area contributed by atoms with E-state index in [0.717, 1.165) is 0 Å². The van der Waals surface area contributed by atoms with Crippen LogP contribution < -0.4 is 19.5 Å². The number of hydrogen-bond donors (Lipinski definition) is 1. The van der Waals surface area contributed by atoms with Crippen molar-refractivity contribution in [1.82, 2.24) is 14.6 Å². The van der Waals surface area contributed by atoms with Crippen LogP contribution in [0, 0.1) is 5.92 Å². The second-order valence-electron chi connectivity index (χ2n) is 8.33. The number of nitrogens with one attached hydrogen (secondary N) is 1. The van der Waals surface area contributed by atoms with E-state index in [2.05, 4.69) is 10.3 Å². The fourth-order valence-corrected chi connectivity index (χ4v) is 5.95. The molecule has 2 heterocycles. The third-order valence-electron chi connectivity index (χ3n) is 6.32. The Morgan fingerprint density at radius 3 is 2.39 bits per heavy atom. The first-order valence-corrected chi connectivity index (χ1v) is 12.9. The number of para-hydroxylation sites is 1. The van der Waals surface area contributed by atoms with Gasteiger partial charge in [0.05, 0.1) is 44.4 Å². The topological polar surface area (TPSA) is 107 Å². The van der Waals surface area contributed by atoms with Crippen LogP contribution in [0.5, 0.6) is 17.2 Å². The van der Waals surface area contributed by atoms with Gasteiger partial charge in [-0.25, -0.2) is 8.42 Å². The monoisotopic (exact) mass is 511 g/mol. The van der Waals surface area contributed by atoms with Crippen molar-refractivity contribution >= 4 is 15.9 Å². The van der Waals surface area contributed by atoms with Crippen LogP contribution in [-0.4, -0.2) is 58.0 Å². The summed E-state index contributed by atoms with van der Waals surface area (Å²) in [7, 11) is 0.720.